The van der Waals surface area contributed by atoms with Crippen LogP contribution in [0.1, 0.15) is 24.2 Å². The van der Waals surface area contributed by atoms with Gasteiger partial charge in [0.1, 0.15) is 6.04 Å². The van der Waals surface area contributed by atoms with Crippen molar-refractivity contribution in [2.24, 2.45) is 0 Å². The molecule has 0 heterocycles. The molecule has 0 saturated heterocycles. The summed E-state index contributed by atoms with van der Waals surface area (Å²) in [7, 11) is 1.78. The van der Waals surface area contributed by atoms with E-state index in [1.165, 1.54) is 24.3 Å². The van der Waals surface area contributed by atoms with Crippen molar-refractivity contribution in [2.45, 2.75) is 25.9 Å². The normalized spacial score (nSPS) is 13.0. The fraction of sp³-hybridized carbons (Fsp3) is 0.429. The van der Waals surface area contributed by atoms with Gasteiger partial charge in [-0.2, -0.15) is 0 Å². The summed E-state index contributed by atoms with van der Waals surface area (Å²) >= 11 is 0. The van der Waals surface area contributed by atoms with E-state index in [-0.39, 0.29) is 23.2 Å². The molecule has 2 unspecified atom stereocenters. The molecule has 8 heteroatoms. The highest BCUT2D eigenvalue weighted by Gasteiger charge is 2.18. The van der Waals surface area contributed by atoms with Gasteiger partial charge in [-0.05, 0) is 27.0 Å². The second kappa shape index (κ2) is 8.08. The number of amides is 2. The topological polar surface area (TPSA) is 113 Å². The highest BCUT2D eigenvalue weighted by Crippen LogP contribution is 2.13. The second-order valence-corrected chi connectivity index (χ2v) is 4.94. The third-order valence-electron chi connectivity index (χ3n) is 3.14. The summed E-state index contributed by atoms with van der Waals surface area (Å²) in [6.07, 6.45) is 0. The summed E-state index contributed by atoms with van der Waals surface area (Å²) in [5.74, 6) is -0.853. The fourth-order valence-corrected chi connectivity index (χ4v) is 1.62. The molecule has 120 valence electrons. The van der Waals surface area contributed by atoms with E-state index in [2.05, 4.69) is 16.0 Å². The molecular formula is C14H20N4O4. The monoisotopic (exact) mass is 308 g/mol. The molecule has 2 amide bonds. The Labute approximate surface area is 128 Å². The quantitative estimate of drug-likeness (QED) is 0.499. The number of carbonyl (C=O) groups excluding carboxylic acids is 2. The average molecular weight is 308 g/mol. The predicted molar refractivity (Wildman–Crippen MR) is 81.6 cm³/mol. The number of nitro benzene ring substituents is 1. The predicted octanol–water partition coefficient (Wildman–Crippen LogP) is 0.437. The van der Waals surface area contributed by atoms with Crippen LogP contribution in [-0.2, 0) is 4.79 Å². The molecule has 1 aromatic rings. The summed E-state index contributed by atoms with van der Waals surface area (Å²) < 4.78 is 0. The maximum atomic E-state index is 12.0. The van der Waals surface area contributed by atoms with E-state index >= 15 is 0 Å². The Balaban J connectivity index is 2.62. The minimum Gasteiger partial charge on any atom is -0.353 e. The first-order chi connectivity index (χ1) is 10.3. The number of hydrogen-bond donors (Lipinski definition) is 3. The number of carbonyl (C=O) groups is 2. The van der Waals surface area contributed by atoms with Crippen LogP contribution in [0.15, 0.2) is 24.3 Å². The Bertz CT molecular complexity index is 562. The standard InChI is InChI=1S/C14H20N4O4/c1-9(15-3)8-16-13(19)10(2)17-14(20)11-5-4-6-12(7-11)18(21)22/h4-7,9-10,15H,8H2,1-3H3,(H,16,19)(H,17,20). The molecule has 0 fully saturated rings. The molecule has 0 radical (unpaired) electrons. The van der Waals surface area contributed by atoms with Gasteiger partial charge in [-0.15, -0.1) is 0 Å². The van der Waals surface area contributed by atoms with Crippen LogP contribution in [0.4, 0.5) is 5.69 Å². The Morgan fingerprint density at radius 3 is 2.59 bits per heavy atom. The minimum atomic E-state index is -0.740. The Kier molecular flexibility index (Phi) is 6.46. The second-order valence-electron chi connectivity index (χ2n) is 4.94. The van der Waals surface area contributed by atoms with E-state index in [4.69, 9.17) is 0 Å². The summed E-state index contributed by atoms with van der Waals surface area (Å²) in [5, 5.41) is 18.9. The van der Waals surface area contributed by atoms with Gasteiger partial charge >= 0.3 is 0 Å². The highest BCUT2D eigenvalue weighted by molar-refractivity contribution is 5.97. The van der Waals surface area contributed by atoms with Gasteiger partial charge in [-0.3, -0.25) is 19.7 Å². The van der Waals surface area contributed by atoms with Crippen LogP contribution >= 0.6 is 0 Å². The minimum absolute atomic E-state index is 0.114. The van der Waals surface area contributed by atoms with Gasteiger partial charge in [0, 0.05) is 30.3 Å². The first-order valence-electron chi connectivity index (χ1n) is 6.85. The maximum Gasteiger partial charge on any atom is 0.270 e. The van der Waals surface area contributed by atoms with Crippen LogP contribution in [0, 0.1) is 10.1 Å². The zero-order valence-electron chi connectivity index (χ0n) is 12.8. The van der Waals surface area contributed by atoms with Crippen molar-refractivity contribution in [2.75, 3.05) is 13.6 Å². The van der Waals surface area contributed by atoms with Crippen molar-refractivity contribution in [1.82, 2.24) is 16.0 Å². The summed E-state index contributed by atoms with van der Waals surface area (Å²) in [6.45, 7) is 3.90. The number of likely N-dealkylation sites (N-methyl/N-ethyl adjacent to an activating group) is 1. The summed E-state index contributed by atoms with van der Waals surface area (Å²) in [5.41, 5.74) is -0.0370. The van der Waals surface area contributed by atoms with Crippen LogP contribution in [0.25, 0.3) is 0 Å². The molecule has 0 saturated carbocycles. The number of nitro groups is 1. The lowest BCUT2D eigenvalue weighted by molar-refractivity contribution is -0.384. The van der Waals surface area contributed by atoms with Crippen LogP contribution < -0.4 is 16.0 Å². The third-order valence-corrected chi connectivity index (χ3v) is 3.14. The lowest BCUT2D eigenvalue weighted by Crippen LogP contribution is -2.47. The zero-order valence-corrected chi connectivity index (χ0v) is 12.8. The molecule has 3 N–H and O–H groups in total. The molecule has 0 bridgehead atoms. The number of non-ortho nitro benzene ring substituents is 1. The van der Waals surface area contributed by atoms with Crippen molar-refractivity contribution in [3.05, 3.63) is 39.9 Å². The maximum absolute atomic E-state index is 12.0. The lowest BCUT2D eigenvalue weighted by Gasteiger charge is -2.16. The van der Waals surface area contributed by atoms with Gasteiger partial charge in [0.25, 0.3) is 11.6 Å². The summed E-state index contributed by atoms with van der Waals surface area (Å²) in [6, 6.07) is 4.72. The fourth-order valence-electron chi connectivity index (χ4n) is 1.62. The molecular weight excluding hydrogens is 288 g/mol. The lowest BCUT2D eigenvalue weighted by atomic mass is 10.1. The molecule has 0 aliphatic carbocycles. The van der Waals surface area contributed by atoms with Crippen LogP contribution in [-0.4, -0.2) is 42.4 Å². The first-order valence-corrected chi connectivity index (χ1v) is 6.85. The first kappa shape index (κ1) is 17.6. The Morgan fingerprint density at radius 2 is 2.00 bits per heavy atom. The van der Waals surface area contributed by atoms with E-state index in [0.29, 0.717) is 6.54 Å². The van der Waals surface area contributed by atoms with Crippen molar-refractivity contribution >= 4 is 17.5 Å². The molecule has 8 nitrogen and oxygen atoms in total. The molecule has 0 spiro atoms. The number of hydrogen-bond acceptors (Lipinski definition) is 5. The molecule has 1 aromatic carbocycles. The van der Waals surface area contributed by atoms with Gasteiger partial charge in [0.15, 0.2) is 0 Å². The highest BCUT2D eigenvalue weighted by atomic mass is 16.6. The van der Waals surface area contributed by atoms with Gasteiger partial charge in [0.05, 0.1) is 4.92 Å². The number of rotatable bonds is 7. The van der Waals surface area contributed by atoms with E-state index in [9.17, 15) is 19.7 Å². The molecule has 2 atom stereocenters. The van der Waals surface area contributed by atoms with Crippen molar-refractivity contribution in [3.8, 4) is 0 Å². The summed E-state index contributed by atoms with van der Waals surface area (Å²) in [4.78, 5) is 34.0. The Hall–Kier alpha value is -2.48. The average Bonchev–Trinajstić information content (AvgIpc) is 2.51. The van der Waals surface area contributed by atoms with Gasteiger partial charge in [-0.1, -0.05) is 6.07 Å². The SMILES string of the molecule is CNC(C)CNC(=O)C(C)NC(=O)c1cccc([N+](=O)[O-])c1. The molecule has 0 aromatic heterocycles. The van der Waals surface area contributed by atoms with E-state index in [1.54, 1.807) is 14.0 Å². The van der Waals surface area contributed by atoms with Gasteiger partial charge < -0.3 is 16.0 Å². The van der Waals surface area contributed by atoms with Crippen molar-refractivity contribution < 1.29 is 14.5 Å². The molecule has 1 rings (SSSR count). The smallest absolute Gasteiger partial charge is 0.270 e. The molecule has 0 aliphatic rings. The van der Waals surface area contributed by atoms with Crippen molar-refractivity contribution in [3.63, 3.8) is 0 Å². The van der Waals surface area contributed by atoms with Crippen LogP contribution in [0.5, 0.6) is 0 Å². The van der Waals surface area contributed by atoms with Gasteiger partial charge in [0.2, 0.25) is 5.91 Å². The van der Waals surface area contributed by atoms with Crippen molar-refractivity contribution in [1.29, 1.82) is 0 Å². The van der Waals surface area contributed by atoms with Gasteiger partial charge in [-0.25, -0.2) is 0 Å². The number of nitrogens with zero attached hydrogens (tertiary/aromatic N) is 1. The largest absolute Gasteiger partial charge is 0.353 e. The van der Waals surface area contributed by atoms with E-state index in [0.717, 1.165) is 0 Å². The Morgan fingerprint density at radius 1 is 1.32 bits per heavy atom. The molecule has 0 aliphatic heterocycles. The van der Waals surface area contributed by atoms with E-state index < -0.39 is 16.9 Å². The third kappa shape index (κ3) is 5.13. The number of benzene rings is 1. The molecule has 22 heavy (non-hydrogen) atoms. The van der Waals surface area contributed by atoms with Crippen LogP contribution in [0.3, 0.4) is 0 Å². The zero-order chi connectivity index (χ0) is 16.7. The van der Waals surface area contributed by atoms with Crippen LogP contribution in [0.2, 0.25) is 0 Å². The van der Waals surface area contributed by atoms with E-state index in [1.807, 2.05) is 6.92 Å². The number of nitrogens with one attached hydrogen (secondary N) is 3.